The summed E-state index contributed by atoms with van der Waals surface area (Å²) in [6, 6.07) is 11.4. The van der Waals surface area contributed by atoms with Crippen LogP contribution in [0.25, 0.3) is 0 Å². The lowest BCUT2D eigenvalue weighted by Gasteiger charge is -2.04. The number of carboxylic acids is 2. The molecule has 20 heavy (non-hydrogen) atoms. The van der Waals surface area contributed by atoms with Crippen LogP contribution in [0.3, 0.4) is 0 Å². The van der Waals surface area contributed by atoms with Crippen molar-refractivity contribution in [3.05, 3.63) is 65.0 Å². The summed E-state index contributed by atoms with van der Waals surface area (Å²) in [7, 11) is 0. The number of pyridine rings is 1. The number of rotatable bonds is 2. The number of nitrogens with one attached hydrogen (secondary N) is 1. The number of aromatic amines is 1. The second kappa shape index (κ2) is 7.04. The minimum Gasteiger partial charge on any atom is -0.545 e. The fourth-order valence-corrected chi connectivity index (χ4v) is 1.58. The number of carbonyl (C=O) groups is 2. The van der Waals surface area contributed by atoms with E-state index < -0.39 is 11.9 Å². The number of hydrogen-bond donors (Lipinski definition) is 1. The van der Waals surface area contributed by atoms with E-state index in [1.54, 1.807) is 0 Å². The molecule has 0 radical (unpaired) electrons. The minimum absolute atomic E-state index is 0.252. The molecule has 0 aliphatic carbocycles. The molecule has 0 fully saturated rings. The van der Waals surface area contributed by atoms with Crippen molar-refractivity contribution in [2.24, 2.45) is 0 Å². The summed E-state index contributed by atoms with van der Waals surface area (Å²) >= 11 is 0. The summed E-state index contributed by atoms with van der Waals surface area (Å²) in [6.07, 6.45) is 0. The number of aromatic nitrogens is 1. The average molecular weight is 273 g/mol. The standard InChI is InChI=1S/C8H6O4.C7H9N/c9-7(10)5-3-1-2-4-6(5)8(11)12;1-6-4-3-5-7(2)8-6/h1-4H,(H,9,10)(H,11,12);3-5H,1-2H3. The molecule has 5 heteroatoms. The van der Waals surface area contributed by atoms with Gasteiger partial charge < -0.3 is 15.0 Å². The molecule has 1 aromatic heterocycles. The van der Waals surface area contributed by atoms with Gasteiger partial charge in [0.15, 0.2) is 11.4 Å². The van der Waals surface area contributed by atoms with Crippen LogP contribution in [0.4, 0.5) is 0 Å². The predicted molar refractivity (Wildman–Crippen MR) is 70.2 cm³/mol. The van der Waals surface area contributed by atoms with Crippen LogP contribution in [0.5, 0.6) is 0 Å². The summed E-state index contributed by atoms with van der Waals surface area (Å²) in [4.78, 5) is 24.0. The van der Waals surface area contributed by atoms with E-state index in [0.717, 1.165) is 0 Å². The summed E-state index contributed by atoms with van der Waals surface area (Å²) < 4.78 is 0. The number of carbonyl (C=O) groups excluding carboxylic acids is 1. The third-order valence-electron chi connectivity index (χ3n) is 2.46. The first-order valence-corrected chi connectivity index (χ1v) is 5.91. The van der Waals surface area contributed by atoms with E-state index in [1.165, 1.54) is 35.7 Å². The molecule has 0 aliphatic heterocycles. The van der Waals surface area contributed by atoms with Gasteiger partial charge in [0.2, 0.25) is 0 Å². The van der Waals surface area contributed by atoms with Crippen LogP contribution in [0.1, 0.15) is 32.1 Å². The summed E-state index contributed by atoms with van der Waals surface area (Å²) in [5.74, 6) is -2.75. The molecule has 0 aliphatic rings. The molecule has 1 aromatic carbocycles. The molecule has 0 atom stereocenters. The average Bonchev–Trinajstić information content (AvgIpc) is 2.39. The van der Waals surface area contributed by atoms with Crippen molar-refractivity contribution < 1.29 is 24.8 Å². The van der Waals surface area contributed by atoms with Gasteiger partial charge in [-0.05, 0) is 12.1 Å². The third-order valence-corrected chi connectivity index (χ3v) is 2.46. The highest BCUT2D eigenvalue weighted by Gasteiger charge is 2.08. The van der Waals surface area contributed by atoms with Crippen molar-refractivity contribution in [2.75, 3.05) is 0 Å². The van der Waals surface area contributed by atoms with E-state index in [4.69, 9.17) is 5.11 Å². The van der Waals surface area contributed by atoms with Gasteiger partial charge in [0.25, 0.3) is 0 Å². The quantitative estimate of drug-likeness (QED) is 0.878. The molecule has 2 rings (SSSR count). The Morgan fingerprint density at radius 3 is 1.75 bits per heavy atom. The Morgan fingerprint density at radius 2 is 1.45 bits per heavy atom. The van der Waals surface area contributed by atoms with Gasteiger partial charge in [0.1, 0.15) is 0 Å². The summed E-state index contributed by atoms with van der Waals surface area (Å²) in [6.45, 7) is 4.10. The van der Waals surface area contributed by atoms with Crippen LogP contribution in [0.2, 0.25) is 0 Å². The van der Waals surface area contributed by atoms with Crippen molar-refractivity contribution in [1.82, 2.24) is 0 Å². The molecule has 0 bridgehead atoms. The highest BCUT2D eigenvalue weighted by atomic mass is 16.4. The maximum Gasteiger partial charge on any atom is 0.336 e. The molecule has 0 saturated carbocycles. The maximum absolute atomic E-state index is 10.4. The van der Waals surface area contributed by atoms with Crippen LogP contribution in [0, 0.1) is 13.8 Å². The normalized spacial score (nSPS) is 9.30. The number of aromatic carboxylic acids is 2. The first kappa shape index (κ1) is 15.4. The van der Waals surface area contributed by atoms with Gasteiger partial charge in [-0.15, -0.1) is 0 Å². The van der Waals surface area contributed by atoms with Gasteiger partial charge in [-0.1, -0.05) is 18.2 Å². The molecule has 0 saturated heterocycles. The Bertz CT molecular complexity index is 573. The van der Waals surface area contributed by atoms with Crippen molar-refractivity contribution in [1.29, 1.82) is 0 Å². The molecular formula is C15H15NO4. The van der Waals surface area contributed by atoms with Gasteiger partial charge in [0, 0.05) is 31.5 Å². The van der Waals surface area contributed by atoms with Crippen LogP contribution in [0.15, 0.2) is 42.5 Å². The lowest BCUT2D eigenvalue weighted by molar-refractivity contribution is -0.396. The maximum atomic E-state index is 10.4. The van der Waals surface area contributed by atoms with Crippen LogP contribution in [-0.4, -0.2) is 17.0 Å². The number of H-pyrrole nitrogens is 1. The molecule has 0 amide bonds. The Hall–Kier alpha value is -2.69. The fraction of sp³-hybridized carbons (Fsp3) is 0.133. The second-order valence-corrected chi connectivity index (χ2v) is 4.16. The zero-order valence-electron chi connectivity index (χ0n) is 11.2. The fourth-order valence-electron chi connectivity index (χ4n) is 1.58. The first-order valence-electron chi connectivity index (χ1n) is 5.91. The Labute approximate surface area is 116 Å². The van der Waals surface area contributed by atoms with Crippen molar-refractivity contribution in [2.45, 2.75) is 13.8 Å². The molecule has 104 valence electrons. The molecular weight excluding hydrogens is 258 g/mol. The van der Waals surface area contributed by atoms with Crippen molar-refractivity contribution in [3.63, 3.8) is 0 Å². The number of aryl methyl sites for hydroxylation is 2. The Morgan fingerprint density at radius 1 is 0.950 bits per heavy atom. The van der Waals surface area contributed by atoms with E-state index in [-0.39, 0.29) is 11.1 Å². The Kier molecular flexibility index (Phi) is 5.41. The van der Waals surface area contributed by atoms with Crippen LogP contribution < -0.4 is 10.1 Å². The molecule has 0 spiro atoms. The number of benzene rings is 1. The first-order chi connectivity index (χ1) is 9.41. The van der Waals surface area contributed by atoms with Crippen molar-refractivity contribution >= 4 is 11.9 Å². The lowest BCUT2D eigenvalue weighted by Crippen LogP contribution is -2.24. The highest BCUT2D eigenvalue weighted by molar-refractivity contribution is 6.00. The van der Waals surface area contributed by atoms with Gasteiger partial charge in [-0.3, -0.25) is 0 Å². The molecule has 2 N–H and O–H groups in total. The monoisotopic (exact) mass is 273 g/mol. The number of hydrogen-bond acceptors (Lipinski definition) is 3. The molecule has 0 unspecified atom stereocenters. The molecule has 2 aromatic rings. The highest BCUT2D eigenvalue weighted by Crippen LogP contribution is 2.06. The van der Waals surface area contributed by atoms with Crippen LogP contribution >= 0.6 is 0 Å². The molecule has 5 nitrogen and oxygen atoms in total. The summed E-state index contributed by atoms with van der Waals surface area (Å²) in [5, 5.41) is 18.9. The van der Waals surface area contributed by atoms with E-state index >= 15 is 0 Å². The SMILES string of the molecule is Cc1cccc(C)[nH+]1.O=C([O-])c1ccccc1C(=O)O. The van der Waals surface area contributed by atoms with Gasteiger partial charge in [-0.2, -0.15) is 0 Å². The van der Waals surface area contributed by atoms with Gasteiger partial charge >= 0.3 is 5.97 Å². The van der Waals surface area contributed by atoms with E-state index in [0.29, 0.717) is 0 Å². The lowest BCUT2D eigenvalue weighted by atomic mass is 10.1. The van der Waals surface area contributed by atoms with E-state index in [1.807, 2.05) is 32.0 Å². The van der Waals surface area contributed by atoms with Gasteiger partial charge in [0.05, 0.1) is 11.5 Å². The van der Waals surface area contributed by atoms with Crippen molar-refractivity contribution in [3.8, 4) is 0 Å². The summed E-state index contributed by atoms with van der Waals surface area (Å²) in [5.41, 5.74) is 1.87. The van der Waals surface area contributed by atoms with Gasteiger partial charge in [-0.25, -0.2) is 9.78 Å². The zero-order chi connectivity index (χ0) is 15.1. The second-order valence-electron chi connectivity index (χ2n) is 4.16. The van der Waals surface area contributed by atoms with E-state index in [2.05, 4.69) is 4.98 Å². The Balaban J connectivity index is 0.000000217. The number of carboxylic acid groups (broad SMARTS) is 2. The smallest absolute Gasteiger partial charge is 0.336 e. The topological polar surface area (TPSA) is 91.6 Å². The minimum atomic E-state index is -1.48. The van der Waals surface area contributed by atoms with E-state index in [9.17, 15) is 14.7 Å². The predicted octanol–water partition coefficient (Wildman–Crippen LogP) is 0.866. The van der Waals surface area contributed by atoms with Crippen LogP contribution in [-0.2, 0) is 0 Å². The largest absolute Gasteiger partial charge is 0.545 e. The molecule has 1 heterocycles. The third kappa shape index (κ3) is 4.53. The zero-order valence-corrected chi connectivity index (χ0v) is 11.2.